The molecule has 0 unspecified atom stereocenters. The topological polar surface area (TPSA) is 47.3 Å². The van der Waals surface area contributed by atoms with Crippen LogP contribution in [0.4, 0.5) is 0 Å². The molecule has 0 aliphatic carbocycles. The van der Waals surface area contributed by atoms with Crippen LogP contribution in [0.15, 0.2) is 18.2 Å². The molecular formula is C11H17ClN2O. The molecule has 0 saturated heterocycles. The predicted molar refractivity (Wildman–Crippen MR) is 63.4 cm³/mol. The highest BCUT2D eigenvalue weighted by atomic mass is 35.5. The maximum Gasteiger partial charge on any atom is 0.123 e. The molecule has 3 N–H and O–H groups in total. The Bertz CT molecular complexity index is 317. The lowest BCUT2D eigenvalue weighted by Crippen LogP contribution is -2.32. The van der Waals surface area contributed by atoms with Gasteiger partial charge in [0.2, 0.25) is 0 Å². The highest BCUT2D eigenvalue weighted by Gasteiger charge is 2.05. The van der Waals surface area contributed by atoms with Gasteiger partial charge in [-0.25, -0.2) is 0 Å². The minimum absolute atomic E-state index is 0.286. The summed E-state index contributed by atoms with van der Waals surface area (Å²) in [5, 5.41) is 4.00. The minimum atomic E-state index is 0.286. The summed E-state index contributed by atoms with van der Waals surface area (Å²) >= 11 is 5.91. The van der Waals surface area contributed by atoms with Crippen molar-refractivity contribution < 1.29 is 4.74 Å². The summed E-state index contributed by atoms with van der Waals surface area (Å²) in [5.41, 5.74) is 6.56. The molecule has 0 fully saturated rings. The molecule has 1 rings (SSSR count). The van der Waals surface area contributed by atoms with Crippen molar-refractivity contribution in [3.05, 3.63) is 28.8 Å². The average Bonchev–Trinajstić information content (AvgIpc) is 2.26. The Morgan fingerprint density at radius 1 is 1.53 bits per heavy atom. The summed E-state index contributed by atoms with van der Waals surface area (Å²) in [5.74, 6) is 0.844. The van der Waals surface area contributed by atoms with Crippen LogP contribution in [0.3, 0.4) is 0 Å². The van der Waals surface area contributed by atoms with Gasteiger partial charge in [0, 0.05) is 29.7 Å². The van der Waals surface area contributed by atoms with Gasteiger partial charge in [-0.1, -0.05) is 11.6 Å². The molecule has 0 saturated carbocycles. The zero-order valence-corrected chi connectivity index (χ0v) is 9.84. The maximum absolute atomic E-state index is 5.91. The number of nitrogens with two attached hydrogens (primary N) is 1. The summed E-state index contributed by atoms with van der Waals surface area (Å²) in [4.78, 5) is 0. The molecule has 1 aromatic rings. The van der Waals surface area contributed by atoms with Crippen molar-refractivity contribution in [2.75, 3.05) is 13.7 Å². The van der Waals surface area contributed by atoms with Crippen LogP contribution < -0.4 is 15.8 Å². The van der Waals surface area contributed by atoms with Crippen molar-refractivity contribution >= 4 is 11.6 Å². The van der Waals surface area contributed by atoms with Crippen molar-refractivity contribution in [3.8, 4) is 5.75 Å². The molecular weight excluding hydrogens is 212 g/mol. The number of halogens is 1. The molecule has 4 heteroatoms. The highest BCUT2D eigenvalue weighted by Crippen LogP contribution is 2.22. The lowest BCUT2D eigenvalue weighted by Gasteiger charge is -2.13. The number of nitrogens with one attached hydrogen (secondary N) is 1. The number of methoxy groups -OCH3 is 1. The third-order valence-electron chi connectivity index (χ3n) is 2.24. The van der Waals surface area contributed by atoms with Crippen LogP contribution >= 0.6 is 11.6 Å². The van der Waals surface area contributed by atoms with Crippen molar-refractivity contribution in [2.24, 2.45) is 5.73 Å². The largest absolute Gasteiger partial charge is 0.496 e. The maximum atomic E-state index is 5.91. The first kappa shape index (κ1) is 12.3. The summed E-state index contributed by atoms with van der Waals surface area (Å²) < 4.78 is 5.24. The van der Waals surface area contributed by atoms with E-state index in [2.05, 4.69) is 5.32 Å². The van der Waals surface area contributed by atoms with Gasteiger partial charge in [0.05, 0.1) is 7.11 Å². The molecule has 0 bridgehead atoms. The number of ether oxygens (including phenoxy) is 1. The van der Waals surface area contributed by atoms with Crippen LogP contribution in [0.25, 0.3) is 0 Å². The molecule has 0 amide bonds. The van der Waals surface area contributed by atoms with Crippen LogP contribution in [0.1, 0.15) is 12.5 Å². The Hall–Kier alpha value is -0.770. The van der Waals surface area contributed by atoms with Crippen molar-refractivity contribution in [1.29, 1.82) is 0 Å². The van der Waals surface area contributed by atoms with E-state index in [4.69, 9.17) is 22.1 Å². The Kier molecular flexibility index (Phi) is 4.88. The van der Waals surface area contributed by atoms with Gasteiger partial charge in [-0.2, -0.15) is 0 Å². The molecule has 3 nitrogen and oxygen atoms in total. The standard InChI is InChI=1S/C11H17ClN2O/c1-8(6-13)14-7-9-5-10(12)3-4-11(9)15-2/h3-5,8,14H,6-7,13H2,1-2H3/t8-/m1/s1. The third-order valence-corrected chi connectivity index (χ3v) is 2.47. The average molecular weight is 229 g/mol. The van der Waals surface area contributed by atoms with Crippen LogP contribution in [0.2, 0.25) is 5.02 Å². The highest BCUT2D eigenvalue weighted by molar-refractivity contribution is 6.30. The fraction of sp³-hybridized carbons (Fsp3) is 0.455. The van der Waals surface area contributed by atoms with E-state index in [-0.39, 0.29) is 6.04 Å². The summed E-state index contributed by atoms with van der Waals surface area (Å²) in [6.45, 7) is 3.36. The van der Waals surface area contributed by atoms with Crippen LogP contribution in [0.5, 0.6) is 5.75 Å². The zero-order valence-electron chi connectivity index (χ0n) is 9.09. The smallest absolute Gasteiger partial charge is 0.123 e. The fourth-order valence-electron chi connectivity index (χ4n) is 1.25. The Morgan fingerprint density at radius 2 is 2.27 bits per heavy atom. The second-order valence-electron chi connectivity index (χ2n) is 3.47. The van der Waals surface area contributed by atoms with E-state index in [1.807, 2.05) is 25.1 Å². The van der Waals surface area contributed by atoms with Gasteiger partial charge in [0.15, 0.2) is 0 Å². The molecule has 1 aromatic carbocycles. The van der Waals surface area contributed by atoms with E-state index in [9.17, 15) is 0 Å². The quantitative estimate of drug-likeness (QED) is 0.808. The summed E-state index contributed by atoms with van der Waals surface area (Å²) in [7, 11) is 1.65. The molecule has 0 spiro atoms. The molecule has 0 radical (unpaired) electrons. The van der Waals surface area contributed by atoms with Crippen molar-refractivity contribution in [1.82, 2.24) is 5.32 Å². The molecule has 1 atom stereocenters. The molecule has 0 aromatic heterocycles. The SMILES string of the molecule is COc1ccc(Cl)cc1CN[C@H](C)CN. The van der Waals surface area contributed by atoms with E-state index in [0.29, 0.717) is 18.1 Å². The molecule has 0 heterocycles. The Balaban J connectivity index is 2.69. The predicted octanol–water partition coefficient (Wildman–Crippen LogP) is 1.79. The second kappa shape index (κ2) is 5.95. The number of benzene rings is 1. The van der Waals surface area contributed by atoms with E-state index in [0.717, 1.165) is 11.3 Å². The number of rotatable bonds is 5. The Labute approximate surface area is 95.6 Å². The molecule has 0 aliphatic heterocycles. The third kappa shape index (κ3) is 3.70. The van der Waals surface area contributed by atoms with E-state index >= 15 is 0 Å². The van der Waals surface area contributed by atoms with Gasteiger partial charge in [-0.15, -0.1) is 0 Å². The van der Waals surface area contributed by atoms with Gasteiger partial charge in [0.1, 0.15) is 5.75 Å². The fourth-order valence-corrected chi connectivity index (χ4v) is 1.45. The second-order valence-corrected chi connectivity index (χ2v) is 3.91. The van der Waals surface area contributed by atoms with E-state index < -0.39 is 0 Å². The first-order valence-corrected chi connectivity index (χ1v) is 5.31. The first-order chi connectivity index (χ1) is 7.17. The van der Waals surface area contributed by atoms with Gasteiger partial charge in [-0.3, -0.25) is 0 Å². The molecule has 0 aliphatic rings. The van der Waals surface area contributed by atoms with Crippen molar-refractivity contribution in [2.45, 2.75) is 19.5 Å². The zero-order chi connectivity index (χ0) is 11.3. The normalized spacial score (nSPS) is 12.5. The lowest BCUT2D eigenvalue weighted by atomic mass is 10.2. The number of hydrogen-bond donors (Lipinski definition) is 2. The summed E-state index contributed by atoms with van der Waals surface area (Å²) in [6, 6.07) is 5.87. The molecule has 84 valence electrons. The van der Waals surface area contributed by atoms with Crippen LogP contribution in [0, 0.1) is 0 Å². The van der Waals surface area contributed by atoms with Gasteiger partial charge in [0.25, 0.3) is 0 Å². The Morgan fingerprint density at radius 3 is 2.87 bits per heavy atom. The van der Waals surface area contributed by atoms with Gasteiger partial charge >= 0.3 is 0 Å². The van der Waals surface area contributed by atoms with Crippen LogP contribution in [-0.4, -0.2) is 19.7 Å². The van der Waals surface area contributed by atoms with Crippen LogP contribution in [-0.2, 0) is 6.54 Å². The van der Waals surface area contributed by atoms with Crippen molar-refractivity contribution in [3.63, 3.8) is 0 Å². The number of hydrogen-bond acceptors (Lipinski definition) is 3. The summed E-state index contributed by atoms with van der Waals surface area (Å²) in [6.07, 6.45) is 0. The minimum Gasteiger partial charge on any atom is -0.496 e. The van der Waals surface area contributed by atoms with E-state index in [1.165, 1.54) is 0 Å². The lowest BCUT2D eigenvalue weighted by molar-refractivity contribution is 0.406. The monoisotopic (exact) mass is 228 g/mol. The van der Waals surface area contributed by atoms with Gasteiger partial charge in [-0.05, 0) is 25.1 Å². The first-order valence-electron chi connectivity index (χ1n) is 4.93. The van der Waals surface area contributed by atoms with E-state index in [1.54, 1.807) is 7.11 Å². The van der Waals surface area contributed by atoms with Gasteiger partial charge < -0.3 is 15.8 Å². The molecule has 15 heavy (non-hydrogen) atoms.